The van der Waals surface area contributed by atoms with Crippen molar-refractivity contribution in [3.8, 4) is 0 Å². The monoisotopic (exact) mass is 216 g/mol. The highest BCUT2D eigenvalue weighted by Crippen LogP contribution is 2.00. The molecule has 0 atom stereocenters. The lowest BCUT2D eigenvalue weighted by Gasteiger charge is -2.24. The predicted octanol–water partition coefficient (Wildman–Crippen LogP) is 1.75. The number of thiol groups is 1. The molecule has 0 amide bonds. The molecule has 0 aromatic heterocycles. The van der Waals surface area contributed by atoms with Gasteiger partial charge in [-0.15, -0.1) is 0 Å². The van der Waals surface area contributed by atoms with Crippen LogP contribution in [0, 0.1) is 0 Å². The van der Waals surface area contributed by atoms with Crippen LogP contribution in [0.1, 0.15) is 13.3 Å². The van der Waals surface area contributed by atoms with E-state index in [-0.39, 0.29) is 0 Å². The standard InChI is InChI=1S/C11H24N2S/c1-5-6-13(8-7-12(3)4)9-11(2)10-14/h14H,2,5-10H2,1,3-4H3. The van der Waals surface area contributed by atoms with Gasteiger partial charge >= 0.3 is 0 Å². The summed E-state index contributed by atoms with van der Waals surface area (Å²) in [6.45, 7) is 10.6. The van der Waals surface area contributed by atoms with Crippen LogP contribution in [0.15, 0.2) is 12.2 Å². The summed E-state index contributed by atoms with van der Waals surface area (Å²) in [5.41, 5.74) is 1.21. The molecule has 0 fully saturated rings. The average molecular weight is 216 g/mol. The van der Waals surface area contributed by atoms with Gasteiger partial charge in [0.2, 0.25) is 0 Å². The molecule has 0 radical (unpaired) electrons. The molecule has 0 aliphatic heterocycles. The first-order valence-corrected chi connectivity index (χ1v) is 5.88. The van der Waals surface area contributed by atoms with Crippen LogP contribution in [0.25, 0.3) is 0 Å². The van der Waals surface area contributed by atoms with Gasteiger partial charge in [0.25, 0.3) is 0 Å². The third-order valence-corrected chi connectivity index (χ3v) is 2.52. The minimum absolute atomic E-state index is 0.794. The molecular formula is C11H24N2S. The average Bonchev–Trinajstić information content (AvgIpc) is 2.14. The van der Waals surface area contributed by atoms with Gasteiger partial charge in [-0.2, -0.15) is 12.6 Å². The van der Waals surface area contributed by atoms with Crippen LogP contribution >= 0.6 is 12.6 Å². The number of hydrogen-bond donors (Lipinski definition) is 1. The Morgan fingerprint density at radius 3 is 2.29 bits per heavy atom. The smallest absolute Gasteiger partial charge is 0.0198 e. The van der Waals surface area contributed by atoms with Crippen LogP contribution < -0.4 is 0 Å². The summed E-state index contributed by atoms with van der Waals surface area (Å²) in [4.78, 5) is 4.66. The Kier molecular flexibility index (Phi) is 8.34. The Morgan fingerprint density at radius 1 is 1.21 bits per heavy atom. The maximum Gasteiger partial charge on any atom is 0.0198 e. The number of nitrogens with zero attached hydrogens (tertiary/aromatic N) is 2. The first-order valence-electron chi connectivity index (χ1n) is 5.24. The molecule has 0 aromatic carbocycles. The molecule has 0 aromatic rings. The van der Waals surface area contributed by atoms with E-state index < -0.39 is 0 Å². The van der Waals surface area contributed by atoms with Crippen LogP contribution in [0.2, 0.25) is 0 Å². The SMILES string of the molecule is C=C(CS)CN(CCC)CCN(C)C. The molecular weight excluding hydrogens is 192 g/mol. The van der Waals surface area contributed by atoms with Crippen molar-refractivity contribution in [2.24, 2.45) is 0 Å². The predicted molar refractivity (Wildman–Crippen MR) is 68.3 cm³/mol. The summed E-state index contributed by atoms with van der Waals surface area (Å²) in [6, 6.07) is 0. The Labute approximate surface area is 94.4 Å². The van der Waals surface area contributed by atoms with Gasteiger partial charge in [-0.3, -0.25) is 4.90 Å². The Bertz CT molecular complexity index is 157. The normalized spacial score (nSPS) is 11.3. The zero-order valence-electron chi connectivity index (χ0n) is 9.79. The topological polar surface area (TPSA) is 6.48 Å². The second-order valence-electron chi connectivity index (χ2n) is 3.99. The Hall–Kier alpha value is 0.01000. The van der Waals surface area contributed by atoms with Crippen molar-refractivity contribution in [1.29, 1.82) is 0 Å². The molecule has 0 rings (SSSR count). The second kappa shape index (κ2) is 8.33. The fourth-order valence-electron chi connectivity index (χ4n) is 1.29. The van der Waals surface area contributed by atoms with Gasteiger partial charge in [-0.05, 0) is 27.1 Å². The van der Waals surface area contributed by atoms with E-state index in [9.17, 15) is 0 Å². The molecule has 84 valence electrons. The molecule has 0 saturated heterocycles. The molecule has 0 aliphatic rings. The van der Waals surface area contributed by atoms with E-state index in [0.717, 1.165) is 31.9 Å². The van der Waals surface area contributed by atoms with Crippen molar-refractivity contribution >= 4 is 12.6 Å². The maximum atomic E-state index is 4.23. The minimum Gasteiger partial charge on any atom is -0.308 e. The summed E-state index contributed by atoms with van der Waals surface area (Å²) in [7, 11) is 4.22. The lowest BCUT2D eigenvalue weighted by molar-refractivity contribution is 0.257. The van der Waals surface area contributed by atoms with Crippen LogP contribution in [-0.2, 0) is 0 Å². The number of hydrogen-bond acceptors (Lipinski definition) is 3. The highest BCUT2D eigenvalue weighted by molar-refractivity contribution is 7.80. The van der Waals surface area contributed by atoms with Crippen molar-refractivity contribution in [1.82, 2.24) is 9.80 Å². The van der Waals surface area contributed by atoms with E-state index >= 15 is 0 Å². The lowest BCUT2D eigenvalue weighted by Crippen LogP contribution is -2.33. The first kappa shape index (κ1) is 14.0. The zero-order chi connectivity index (χ0) is 11.0. The molecule has 2 nitrogen and oxygen atoms in total. The van der Waals surface area contributed by atoms with E-state index in [1.54, 1.807) is 0 Å². The number of rotatable bonds is 8. The van der Waals surface area contributed by atoms with E-state index in [4.69, 9.17) is 0 Å². The minimum atomic E-state index is 0.794. The number of likely N-dealkylation sites (N-methyl/N-ethyl adjacent to an activating group) is 1. The van der Waals surface area contributed by atoms with Crippen molar-refractivity contribution in [3.63, 3.8) is 0 Å². The highest BCUT2D eigenvalue weighted by atomic mass is 32.1. The Morgan fingerprint density at radius 2 is 1.86 bits per heavy atom. The highest BCUT2D eigenvalue weighted by Gasteiger charge is 2.05. The summed E-state index contributed by atoms with van der Waals surface area (Å²) in [6.07, 6.45) is 1.20. The second-order valence-corrected chi connectivity index (χ2v) is 4.30. The van der Waals surface area contributed by atoms with Crippen molar-refractivity contribution in [2.75, 3.05) is 46.0 Å². The molecule has 0 bridgehead atoms. The zero-order valence-corrected chi connectivity index (χ0v) is 10.7. The fourth-order valence-corrected chi connectivity index (χ4v) is 1.39. The van der Waals surface area contributed by atoms with Gasteiger partial charge in [0.1, 0.15) is 0 Å². The molecule has 0 aliphatic carbocycles. The van der Waals surface area contributed by atoms with Gasteiger partial charge < -0.3 is 4.90 Å². The molecule has 0 spiro atoms. The Balaban J connectivity index is 3.82. The van der Waals surface area contributed by atoms with Crippen LogP contribution in [0.3, 0.4) is 0 Å². The molecule has 0 saturated carbocycles. The first-order chi connectivity index (χ1) is 6.60. The summed E-state index contributed by atoms with van der Waals surface area (Å²) >= 11 is 4.23. The fraction of sp³-hybridized carbons (Fsp3) is 0.818. The van der Waals surface area contributed by atoms with E-state index in [1.165, 1.54) is 12.0 Å². The van der Waals surface area contributed by atoms with Gasteiger partial charge in [0, 0.05) is 25.4 Å². The van der Waals surface area contributed by atoms with Crippen LogP contribution in [0.4, 0.5) is 0 Å². The van der Waals surface area contributed by atoms with Gasteiger partial charge in [0.05, 0.1) is 0 Å². The molecule has 14 heavy (non-hydrogen) atoms. The van der Waals surface area contributed by atoms with Gasteiger partial charge in [-0.1, -0.05) is 19.1 Å². The third-order valence-electron chi connectivity index (χ3n) is 2.07. The van der Waals surface area contributed by atoms with Gasteiger partial charge in [0.15, 0.2) is 0 Å². The third kappa shape index (κ3) is 7.42. The van der Waals surface area contributed by atoms with E-state index in [2.05, 4.69) is 50.0 Å². The van der Waals surface area contributed by atoms with E-state index in [0.29, 0.717) is 0 Å². The molecule has 0 unspecified atom stereocenters. The van der Waals surface area contributed by atoms with Crippen LogP contribution in [-0.4, -0.2) is 55.8 Å². The van der Waals surface area contributed by atoms with Crippen molar-refractivity contribution in [3.05, 3.63) is 12.2 Å². The molecule has 0 heterocycles. The lowest BCUT2D eigenvalue weighted by atomic mass is 10.3. The molecule has 0 N–H and O–H groups in total. The van der Waals surface area contributed by atoms with Crippen molar-refractivity contribution in [2.45, 2.75) is 13.3 Å². The van der Waals surface area contributed by atoms with E-state index in [1.807, 2.05) is 0 Å². The summed E-state index contributed by atoms with van der Waals surface area (Å²) < 4.78 is 0. The molecule has 3 heteroatoms. The summed E-state index contributed by atoms with van der Waals surface area (Å²) in [5.74, 6) is 0.794. The quantitative estimate of drug-likeness (QED) is 0.488. The van der Waals surface area contributed by atoms with Crippen molar-refractivity contribution < 1.29 is 0 Å². The van der Waals surface area contributed by atoms with Crippen LogP contribution in [0.5, 0.6) is 0 Å². The van der Waals surface area contributed by atoms with Gasteiger partial charge in [-0.25, -0.2) is 0 Å². The maximum absolute atomic E-state index is 4.23. The summed E-state index contributed by atoms with van der Waals surface area (Å²) in [5, 5.41) is 0. The largest absolute Gasteiger partial charge is 0.308 e.